The third kappa shape index (κ3) is 2.04. The van der Waals surface area contributed by atoms with Crippen molar-refractivity contribution in [3.63, 3.8) is 0 Å². The molecule has 1 amide bonds. The first kappa shape index (κ1) is 14.3. The van der Waals surface area contributed by atoms with Crippen molar-refractivity contribution >= 4 is 11.9 Å². The second kappa shape index (κ2) is 5.12. The Morgan fingerprint density at radius 2 is 1.95 bits per heavy atom. The van der Waals surface area contributed by atoms with Crippen LogP contribution in [0.4, 0.5) is 0 Å². The van der Waals surface area contributed by atoms with Gasteiger partial charge in [0.15, 0.2) is 0 Å². The summed E-state index contributed by atoms with van der Waals surface area (Å²) in [5.41, 5.74) is 4.33. The van der Waals surface area contributed by atoms with Crippen LogP contribution in [0, 0.1) is 5.41 Å². The average molecular weight is 268 g/mol. The number of nitrogens with zero attached hydrogens (tertiary/aromatic N) is 1. The van der Waals surface area contributed by atoms with Crippen molar-refractivity contribution in [2.45, 2.75) is 57.4 Å². The lowest BCUT2D eigenvalue weighted by Crippen LogP contribution is -2.60. The maximum atomic E-state index is 12.8. The molecule has 3 N–H and O–H groups in total. The average Bonchev–Trinajstić information content (AvgIpc) is 2.73. The van der Waals surface area contributed by atoms with E-state index in [2.05, 4.69) is 0 Å². The fourth-order valence-corrected chi connectivity index (χ4v) is 3.57. The van der Waals surface area contributed by atoms with Crippen LogP contribution in [0.1, 0.15) is 51.9 Å². The van der Waals surface area contributed by atoms with Crippen molar-refractivity contribution in [2.75, 3.05) is 13.1 Å². The Bertz CT molecular complexity index is 373. The molecule has 1 saturated heterocycles. The summed E-state index contributed by atoms with van der Waals surface area (Å²) in [6.07, 6.45) is 5.29. The van der Waals surface area contributed by atoms with Crippen LogP contribution in [0.25, 0.3) is 0 Å². The molecular formula is C14H24N2O3. The number of aliphatic carboxylic acids is 1. The molecule has 1 unspecified atom stereocenters. The first-order valence-corrected chi connectivity index (χ1v) is 7.28. The largest absolute Gasteiger partial charge is 0.479 e. The summed E-state index contributed by atoms with van der Waals surface area (Å²) in [4.78, 5) is 26.1. The molecule has 0 spiro atoms. The van der Waals surface area contributed by atoms with E-state index in [0.717, 1.165) is 32.1 Å². The van der Waals surface area contributed by atoms with Crippen molar-refractivity contribution < 1.29 is 14.7 Å². The van der Waals surface area contributed by atoms with E-state index in [9.17, 15) is 14.7 Å². The minimum absolute atomic E-state index is 0.0189. The summed E-state index contributed by atoms with van der Waals surface area (Å²) in [5.74, 6) is -0.874. The lowest BCUT2D eigenvalue weighted by atomic mass is 9.67. The molecule has 0 bridgehead atoms. The van der Waals surface area contributed by atoms with Gasteiger partial charge >= 0.3 is 5.97 Å². The Balaban J connectivity index is 2.26. The molecule has 0 aromatic carbocycles. The molecule has 1 aliphatic heterocycles. The van der Waals surface area contributed by atoms with Crippen molar-refractivity contribution in [2.24, 2.45) is 11.1 Å². The van der Waals surface area contributed by atoms with Crippen LogP contribution in [0.15, 0.2) is 0 Å². The van der Waals surface area contributed by atoms with Gasteiger partial charge in [-0.15, -0.1) is 0 Å². The lowest BCUT2D eigenvalue weighted by Gasteiger charge is -2.46. The molecule has 0 aromatic heterocycles. The van der Waals surface area contributed by atoms with Crippen LogP contribution in [0.3, 0.4) is 0 Å². The van der Waals surface area contributed by atoms with Gasteiger partial charge in [-0.25, -0.2) is 4.79 Å². The summed E-state index contributed by atoms with van der Waals surface area (Å²) in [6, 6.07) is 0. The van der Waals surface area contributed by atoms with Crippen LogP contribution in [-0.4, -0.2) is 40.5 Å². The number of carboxylic acid groups (broad SMARTS) is 1. The van der Waals surface area contributed by atoms with E-state index in [1.807, 2.05) is 6.92 Å². The number of hydrogen-bond acceptors (Lipinski definition) is 3. The summed E-state index contributed by atoms with van der Waals surface area (Å²) in [7, 11) is 0. The van der Waals surface area contributed by atoms with Crippen LogP contribution in [0.5, 0.6) is 0 Å². The molecule has 19 heavy (non-hydrogen) atoms. The van der Waals surface area contributed by atoms with Gasteiger partial charge < -0.3 is 15.7 Å². The van der Waals surface area contributed by atoms with E-state index < -0.39 is 16.9 Å². The van der Waals surface area contributed by atoms with Crippen molar-refractivity contribution in [1.29, 1.82) is 0 Å². The molecule has 5 nitrogen and oxygen atoms in total. The first-order chi connectivity index (χ1) is 9.02. The summed E-state index contributed by atoms with van der Waals surface area (Å²) in [5, 5.41) is 9.62. The molecule has 108 valence electrons. The monoisotopic (exact) mass is 268 g/mol. The van der Waals surface area contributed by atoms with Gasteiger partial charge in [0.05, 0.1) is 5.41 Å². The molecular weight excluding hydrogens is 244 g/mol. The molecule has 5 heteroatoms. The van der Waals surface area contributed by atoms with E-state index in [-0.39, 0.29) is 5.91 Å². The number of hydrogen-bond donors (Lipinski definition) is 2. The van der Waals surface area contributed by atoms with E-state index in [1.54, 1.807) is 4.90 Å². The summed E-state index contributed by atoms with van der Waals surface area (Å²) >= 11 is 0. The van der Waals surface area contributed by atoms with Crippen LogP contribution in [-0.2, 0) is 9.59 Å². The third-order valence-corrected chi connectivity index (χ3v) is 4.95. The number of carboxylic acids is 1. The minimum atomic E-state index is -0.983. The molecule has 1 saturated carbocycles. The third-order valence-electron chi connectivity index (χ3n) is 4.95. The molecule has 2 aliphatic rings. The Hall–Kier alpha value is -1.10. The van der Waals surface area contributed by atoms with E-state index >= 15 is 0 Å². The Labute approximate surface area is 114 Å². The number of nitrogens with two attached hydrogens (primary N) is 1. The molecule has 0 radical (unpaired) electrons. The standard InChI is InChI=1S/C14H24N2O3/c1-2-5-14(12(18)19)8-4-9-16(14)11(17)13(10-15)6-3-7-13/h2-10,15H2,1H3,(H,18,19). The van der Waals surface area contributed by atoms with E-state index in [4.69, 9.17) is 5.73 Å². The second-order valence-electron chi connectivity index (χ2n) is 5.99. The van der Waals surface area contributed by atoms with Crippen LogP contribution < -0.4 is 5.73 Å². The first-order valence-electron chi connectivity index (χ1n) is 7.28. The van der Waals surface area contributed by atoms with Crippen molar-refractivity contribution in [3.05, 3.63) is 0 Å². The van der Waals surface area contributed by atoms with Gasteiger partial charge in [-0.1, -0.05) is 19.8 Å². The molecule has 2 fully saturated rings. The second-order valence-corrected chi connectivity index (χ2v) is 5.99. The molecule has 1 atom stereocenters. The molecule has 0 aromatic rings. The summed E-state index contributed by atoms with van der Waals surface area (Å²) < 4.78 is 0. The number of rotatable bonds is 5. The fraction of sp³-hybridized carbons (Fsp3) is 0.857. The zero-order valence-electron chi connectivity index (χ0n) is 11.7. The molecule has 1 aliphatic carbocycles. The highest BCUT2D eigenvalue weighted by Crippen LogP contribution is 2.45. The zero-order valence-corrected chi connectivity index (χ0v) is 11.7. The van der Waals surface area contributed by atoms with Crippen LogP contribution in [0.2, 0.25) is 0 Å². The number of carbonyl (C=O) groups is 2. The predicted octanol–water partition coefficient (Wildman–Crippen LogP) is 1.36. The van der Waals surface area contributed by atoms with Gasteiger partial charge in [-0.05, 0) is 32.1 Å². The van der Waals surface area contributed by atoms with Gasteiger partial charge in [-0.2, -0.15) is 0 Å². The Morgan fingerprint density at radius 3 is 2.37 bits per heavy atom. The van der Waals surface area contributed by atoms with Crippen LogP contribution >= 0.6 is 0 Å². The maximum absolute atomic E-state index is 12.8. The molecule has 2 rings (SSSR count). The van der Waals surface area contributed by atoms with Gasteiger partial charge in [0, 0.05) is 13.1 Å². The SMILES string of the molecule is CCCC1(C(=O)O)CCCN1C(=O)C1(CN)CCC1. The van der Waals surface area contributed by atoms with Gasteiger partial charge in [-0.3, -0.25) is 4.79 Å². The summed E-state index contributed by atoms with van der Waals surface area (Å²) in [6.45, 7) is 2.87. The Morgan fingerprint density at radius 1 is 1.26 bits per heavy atom. The van der Waals surface area contributed by atoms with Crippen molar-refractivity contribution in [3.8, 4) is 0 Å². The topological polar surface area (TPSA) is 83.6 Å². The maximum Gasteiger partial charge on any atom is 0.329 e. The number of likely N-dealkylation sites (tertiary alicyclic amines) is 1. The van der Waals surface area contributed by atoms with E-state index in [0.29, 0.717) is 25.9 Å². The number of amides is 1. The minimum Gasteiger partial charge on any atom is -0.479 e. The van der Waals surface area contributed by atoms with Gasteiger partial charge in [0.2, 0.25) is 5.91 Å². The van der Waals surface area contributed by atoms with Gasteiger partial charge in [0.25, 0.3) is 0 Å². The van der Waals surface area contributed by atoms with E-state index in [1.165, 1.54) is 0 Å². The Kier molecular flexibility index (Phi) is 3.85. The van der Waals surface area contributed by atoms with Gasteiger partial charge in [0.1, 0.15) is 5.54 Å². The highest BCUT2D eigenvalue weighted by Gasteiger charge is 2.55. The fourth-order valence-electron chi connectivity index (χ4n) is 3.57. The smallest absolute Gasteiger partial charge is 0.329 e. The quantitative estimate of drug-likeness (QED) is 0.788. The highest BCUT2D eigenvalue weighted by atomic mass is 16.4. The zero-order chi connectivity index (χ0) is 14.1. The number of carbonyl (C=O) groups excluding carboxylic acids is 1. The highest BCUT2D eigenvalue weighted by molar-refractivity contribution is 5.91. The van der Waals surface area contributed by atoms with Crippen molar-refractivity contribution in [1.82, 2.24) is 4.90 Å². The molecule has 1 heterocycles. The predicted molar refractivity (Wildman–Crippen MR) is 71.6 cm³/mol. The normalized spacial score (nSPS) is 29.1. The lowest BCUT2D eigenvalue weighted by molar-refractivity contribution is -0.164.